The fraction of sp³-hybridized carbons (Fsp3) is 0.636. The van der Waals surface area contributed by atoms with Crippen molar-refractivity contribution in [3.8, 4) is 0 Å². The number of rotatable bonds is 8. The molecule has 0 spiro atoms. The number of ether oxygens (including phenoxy) is 1. The molecule has 6 nitrogen and oxygen atoms in total. The summed E-state index contributed by atoms with van der Waals surface area (Å²) in [7, 11) is 1.59. The van der Waals surface area contributed by atoms with Crippen molar-refractivity contribution in [3.63, 3.8) is 0 Å². The Balaban J connectivity index is 2.34. The number of aliphatic hydroxyl groups is 1. The summed E-state index contributed by atoms with van der Waals surface area (Å²) < 4.78 is 4.91. The van der Waals surface area contributed by atoms with Crippen LogP contribution in [0.4, 0.5) is 5.00 Å². The highest BCUT2D eigenvalue weighted by Gasteiger charge is 2.19. The molecular formula is C11H18N2O4S. The third-order valence-corrected chi connectivity index (χ3v) is 3.51. The average Bonchev–Trinajstić information content (AvgIpc) is 2.75. The molecule has 0 radical (unpaired) electrons. The second kappa shape index (κ2) is 6.79. The van der Waals surface area contributed by atoms with Crippen LogP contribution in [0.25, 0.3) is 0 Å². The van der Waals surface area contributed by atoms with Gasteiger partial charge in [-0.1, -0.05) is 11.3 Å². The molecular weight excluding hydrogens is 256 g/mol. The summed E-state index contributed by atoms with van der Waals surface area (Å²) in [5.74, 6) is 0. The molecule has 1 rings (SSSR count). The van der Waals surface area contributed by atoms with E-state index in [-0.39, 0.29) is 5.00 Å². The van der Waals surface area contributed by atoms with E-state index in [1.54, 1.807) is 20.1 Å². The highest BCUT2D eigenvalue weighted by Crippen LogP contribution is 2.23. The summed E-state index contributed by atoms with van der Waals surface area (Å²) in [6.07, 6.45) is 0.543. The van der Waals surface area contributed by atoms with Crippen LogP contribution in [0.2, 0.25) is 0 Å². The number of methoxy groups -OCH3 is 1. The van der Waals surface area contributed by atoms with E-state index in [1.807, 2.05) is 0 Å². The summed E-state index contributed by atoms with van der Waals surface area (Å²) in [5.41, 5.74) is -0.834. The number of nitro groups is 1. The standard InChI is InChI=1S/C11H18N2O4S/c1-11(14,5-6-17-2)8-12-7-9-3-4-10(18-9)13(15)16/h3-4,12,14H,5-8H2,1-2H3. The van der Waals surface area contributed by atoms with Crippen LogP contribution < -0.4 is 5.32 Å². The lowest BCUT2D eigenvalue weighted by Crippen LogP contribution is -2.38. The smallest absolute Gasteiger partial charge is 0.324 e. The Morgan fingerprint density at radius 3 is 2.89 bits per heavy atom. The quantitative estimate of drug-likeness (QED) is 0.555. The van der Waals surface area contributed by atoms with E-state index < -0.39 is 10.5 Å². The molecule has 0 aliphatic rings. The maximum Gasteiger partial charge on any atom is 0.324 e. The van der Waals surface area contributed by atoms with Gasteiger partial charge in [0.05, 0.1) is 10.5 Å². The van der Waals surface area contributed by atoms with E-state index in [4.69, 9.17) is 4.74 Å². The van der Waals surface area contributed by atoms with Gasteiger partial charge in [-0.3, -0.25) is 10.1 Å². The molecule has 0 bridgehead atoms. The molecule has 0 amide bonds. The Bertz CT molecular complexity index is 392. The first-order valence-corrected chi connectivity index (χ1v) is 6.41. The Kier molecular flexibility index (Phi) is 5.67. The minimum Gasteiger partial charge on any atom is -0.389 e. The number of hydrogen-bond donors (Lipinski definition) is 2. The van der Waals surface area contributed by atoms with Crippen molar-refractivity contribution in [1.29, 1.82) is 0 Å². The van der Waals surface area contributed by atoms with Gasteiger partial charge in [0, 0.05) is 44.2 Å². The molecule has 1 aromatic rings. The Morgan fingerprint density at radius 1 is 1.61 bits per heavy atom. The fourth-order valence-electron chi connectivity index (χ4n) is 1.43. The molecule has 0 aromatic carbocycles. The number of hydrogen-bond acceptors (Lipinski definition) is 6. The van der Waals surface area contributed by atoms with Gasteiger partial charge in [-0.25, -0.2) is 0 Å². The molecule has 7 heteroatoms. The van der Waals surface area contributed by atoms with E-state index >= 15 is 0 Å². The molecule has 0 saturated carbocycles. The van der Waals surface area contributed by atoms with Crippen molar-refractivity contribution < 1.29 is 14.8 Å². The molecule has 18 heavy (non-hydrogen) atoms. The molecule has 0 fully saturated rings. The van der Waals surface area contributed by atoms with Crippen LogP contribution in [0, 0.1) is 10.1 Å². The predicted octanol–water partition coefficient (Wildman–Crippen LogP) is 1.53. The maximum absolute atomic E-state index is 10.5. The van der Waals surface area contributed by atoms with Crippen molar-refractivity contribution in [2.75, 3.05) is 20.3 Å². The molecule has 0 saturated heterocycles. The zero-order chi connectivity index (χ0) is 13.6. The van der Waals surface area contributed by atoms with Gasteiger partial charge in [-0.05, 0) is 13.0 Å². The first-order chi connectivity index (χ1) is 8.44. The molecule has 0 aliphatic carbocycles. The molecule has 2 N–H and O–H groups in total. The van der Waals surface area contributed by atoms with Gasteiger partial charge in [0.1, 0.15) is 0 Å². The van der Waals surface area contributed by atoms with E-state index in [0.717, 1.165) is 16.2 Å². The Hall–Kier alpha value is -1.02. The predicted molar refractivity (Wildman–Crippen MR) is 69.8 cm³/mol. The van der Waals surface area contributed by atoms with Gasteiger partial charge in [0.2, 0.25) is 0 Å². The Morgan fingerprint density at radius 2 is 2.33 bits per heavy atom. The normalized spacial score (nSPS) is 14.4. The minimum absolute atomic E-state index is 0.137. The largest absolute Gasteiger partial charge is 0.389 e. The van der Waals surface area contributed by atoms with Crippen LogP contribution in [0.15, 0.2) is 12.1 Å². The first-order valence-electron chi connectivity index (χ1n) is 5.60. The molecule has 1 heterocycles. The van der Waals surface area contributed by atoms with Gasteiger partial charge in [0.15, 0.2) is 0 Å². The van der Waals surface area contributed by atoms with Crippen molar-refractivity contribution >= 4 is 16.3 Å². The van der Waals surface area contributed by atoms with E-state index in [1.165, 1.54) is 6.07 Å². The van der Waals surface area contributed by atoms with E-state index in [2.05, 4.69) is 5.32 Å². The molecule has 0 aliphatic heterocycles. The first kappa shape index (κ1) is 15.0. The van der Waals surface area contributed by atoms with Crippen LogP contribution in [0.5, 0.6) is 0 Å². The molecule has 1 atom stereocenters. The number of nitrogens with one attached hydrogen (secondary N) is 1. The van der Waals surface area contributed by atoms with Crippen LogP contribution in [0.3, 0.4) is 0 Å². The molecule has 1 unspecified atom stereocenters. The maximum atomic E-state index is 10.5. The third kappa shape index (κ3) is 5.09. The highest BCUT2D eigenvalue weighted by molar-refractivity contribution is 7.15. The van der Waals surface area contributed by atoms with Crippen molar-refractivity contribution in [1.82, 2.24) is 5.32 Å². The zero-order valence-corrected chi connectivity index (χ0v) is 11.3. The summed E-state index contributed by atoms with van der Waals surface area (Å²) in [4.78, 5) is 11.0. The fourth-order valence-corrected chi connectivity index (χ4v) is 2.21. The topological polar surface area (TPSA) is 84.6 Å². The lowest BCUT2D eigenvalue weighted by Gasteiger charge is -2.23. The van der Waals surface area contributed by atoms with Crippen molar-refractivity contribution in [2.24, 2.45) is 0 Å². The minimum atomic E-state index is -0.834. The SMILES string of the molecule is COCCC(C)(O)CNCc1ccc([N+](=O)[O-])s1. The van der Waals surface area contributed by atoms with E-state index in [9.17, 15) is 15.2 Å². The highest BCUT2D eigenvalue weighted by atomic mass is 32.1. The van der Waals surface area contributed by atoms with Gasteiger partial charge >= 0.3 is 5.00 Å². The van der Waals surface area contributed by atoms with Crippen LogP contribution >= 0.6 is 11.3 Å². The summed E-state index contributed by atoms with van der Waals surface area (Å²) in [6, 6.07) is 3.21. The number of thiophene rings is 1. The van der Waals surface area contributed by atoms with Crippen LogP contribution in [-0.2, 0) is 11.3 Å². The van der Waals surface area contributed by atoms with Crippen molar-refractivity contribution in [2.45, 2.75) is 25.5 Å². The average molecular weight is 274 g/mol. The second-order valence-corrected chi connectivity index (χ2v) is 5.49. The van der Waals surface area contributed by atoms with Gasteiger partial charge in [0.25, 0.3) is 0 Å². The summed E-state index contributed by atoms with van der Waals surface area (Å²) >= 11 is 1.14. The van der Waals surface area contributed by atoms with Crippen LogP contribution in [0.1, 0.15) is 18.2 Å². The third-order valence-electron chi connectivity index (χ3n) is 2.48. The molecule has 1 aromatic heterocycles. The van der Waals surface area contributed by atoms with E-state index in [0.29, 0.717) is 26.1 Å². The monoisotopic (exact) mass is 274 g/mol. The number of nitrogens with zero attached hydrogens (tertiary/aromatic N) is 1. The molecule has 102 valence electrons. The Labute approximate surface area is 110 Å². The van der Waals surface area contributed by atoms with Gasteiger partial charge in [-0.2, -0.15) is 0 Å². The lowest BCUT2D eigenvalue weighted by molar-refractivity contribution is -0.380. The summed E-state index contributed by atoms with van der Waals surface area (Å²) in [5, 5.41) is 23.7. The van der Waals surface area contributed by atoms with Crippen molar-refractivity contribution in [3.05, 3.63) is 27.1 Å². The van der Waals surface area contributed by atoms with Crippen LogP contribution in [-0.4, -0.2) is 35.9 Å². The second-order valence-electron chi connectivity index (χ2n) is 4.34. The summed E-state index contributed by atoms with van der Waals surface area (Å²) in [6.45, 7) is 3.17. The zero-order valence-electron chi connectivity index (χ0n) is 10.5. The lowest BCUT2D eigenvalue weighted by atomic mass is 10.0. The van der Waals surface area contributed by atoms with Gasteiger partial charge < -0.3 is 15.2 Å². The van der Waals surface area contributed by atoms with Gasteiger partial charge in [-0.15, -0.1) is 0 Å².